The van der Waals surface area contributed by atoms with Gasteiger partial charge in [0.25, 0.3) is 5.91 Å². The lowest BCUT2D eigenvalue weighted by molar-refractivity contribution is -0.164. The minimum Gasteiger partial charge on any atom is -0.497 e. The second kappa shape index (κ2) is 11.6. The predicted molar refractivity (Wildman–Crippen MR) is 131 cm³/mol. The molecule has 34 heavy (non-hydrogen) atoms. The molecule has 184 valence electrons. The van der Waals surface area contributed by atoms with Gasteiger partial charge in [-0.2, -0.15) is 0 Å². The molecule has 2 aliphatic heterocycles. The number of unbranched alkanes of at least 4 members (excludes halogenated alkanes) is 1. The lowest BCUT2D eigenvalue weighted by atomic mass is 9.89. The fraction of sp³-hybridized carbons (Fsp3) is 0.519. The van der Waals surface area contributed by atoms with Crippen LogP contribution in [0.1, 0.15) is 36.9 Å². The van der Waals surface area contributed by atoms with Crippen molar-refractivity contribution in [3.8, 4) is 17.2 Å². The Balaban J connectivity index is 1.51. The van der Waals surface area contributed by atoms with E-state index in [1.165, 1.54) is 0 Å². The Morgan fingerprint density at radius 3 is 2.47 bits per heavy atom. The first-order valence-electron chi connectivity index (χ1n) is 12.2. The topological polar surface area (TPSA) is 60.5 Å². The van der Waals surface area contributed by atoms with Crippen molar-refractivity contribution < 1.29 is 23.7 Å². The molecule has 0 bridgehead atoms. The highest BCUT2D eigenvalue weighted by Gasteiger charge is 2.51. The summed E-state index contributed by atoms with van der Waals surface area (Å²) in [6.45, 7) is 7.39. The van der Waals surface area contributed by atoms with Crippen LogP contribution in [0.3, 0.4) is 0 Å². The molecule has 7 nitrogen and oxygen atoms in total. The average Bonchev–Trinajstić information content (AvgIpc) is 2.89. The lowest BCUT2D eigenvalue weighted by Gasteiger charge is -2.47. The van der Waals surface area contributed by atoms with E-state index in [0.717, 1.165) is 80.5 Å². The van der Waals surface area contributed by atoms with Crippen molar-refractivity contribution in [2.45, 2.75) is 38.3 Å². The van der Waals surface area contributed by atoms with E-state index in [1.54, 1.807) is 14.2 Å². The summed E-state index contributed by atoms with van der Waals surface area (Å²) in [5.74, 6) is 2.25. The molecule has 2 atom stereocenters. The summed E-state index contributed by atoms with van der Waals surface area (Å²) in [4.78, 5) is 17.7. The number of carbonyl (C=O) groups excluding carboxylic acids is 1. The number of benzene rings is 2. The van der Waals surface area contributed by atoms with Crippen LogP contribution in [0.2, 0.25) is 0 Å². The summed E-state index contributed by atoms with van der Waals surface area (Å²) in [5.41, 5.74) is 2.00. The van der Waals surface area contributed by atoms with Gasteiger partial charge in [0.15, 0.2) is 0 Å². The molecular weight excluding hydrogens is 432 g/mol. The molecule has 0 spiro atoms. The summed E-state index contributed by atoms with van der Waals surface area (Å²) in [7, 11) is 3.30. The fourth-order valence-electron chi connectivity index (χ4n) is 4.77. The number of likely N-dealkylation sites (tertiary alicyclic amines) is 1. The largest absolute Gasteiger partial charge is 0.497 e. The maximum atomic E-state index is 13.3. The molecule has 2 aromatic carbocycles. The Morgan fingerprint density at radius 2 is 1.74 bits per heavy atom. The molecule has 2 aliphatic rings. The maximum Gasteiger partial charge on any atom is 0.266 e. The number of nitrogens with zero attached hydrogens (tertiary/aromatic N) is 2. The van der Waals surface area contributed by atoms with Gasteiger partial charge in [0.1, 0.15) is 23.3 Å². The fourth-order valence-corrected chi connectivity index (χ4v) is 4.77. The molecule has 7 heteroatoms. The Kier molecular flexibility index (Phi) is 8.29. The number of methoxy groups -OCH3 is 2. The number of morpholine rings is 1. The summed E-state index contributed by atoms with van der Waals surface area (Å²) in [5, 5.41) is 0. The third-order valence-electron chi connectivity index (χ3n) is 6.74. The quantitative estimate of drug-likeness (QED) is 0.370. The molecule has 1 amide bonds. The highest BCUT2D eigenvalue weighted by Crippen LogP contribution is 2.43. The molecule has 0 N–H and O–H groups in total. The normalized spacial score (nSPS) is 20.7. The SMILES string of the molecule is CCc1ccccc1O[C@H]1C(=O)N(CCCCN2CCOCC2)[C@@H]1c1cc(OC)ccc1OC. The smallest absolute Gasteiger partial charge is 0.266 e. The summed E-state index contributed by atoms with van der Waals surface area (Å²) < 4.78 is 22.9. The monoisotopic (exact) mass is 468 g/mol. The number of hydrogen-bond acceptors (Lipinski definition) is 6. The van der Waals surface area contributed by atoms with Crippen LogP contribution < -0.4 is 14.2 Å². The number of rotatable bonds is 11. The third kappa shape index (κ3) is 5.31. The second-order valence-corrected chi connectivity index (χ2v) is 8.75. The molecule has 0 radical (unpaired) electrons. The standard InChI is InChI=1S/C27H36N2O5/c1-4-20-9-5-6-10-23(20)34-26-25(22-19-21(31-2)11-12-24(22)32-3)29(27(26)30)14-8-7-13-28-15-17-33-18-16-28/h5-6,9-12,19,25-26H,4,7-8,13-18H2,1-3H3/t25-,26-/m1/s1. The third-order valence-corrected chi connectivity index (χ3v) is 6.74. The Labute approximate surface area is 202 Å². The molecule has 0 saturated carbocycles. The van der Waals surface area contributed by atoms with E-state index in [4.69, 9.17) is 18.9 Å². The van der Waals surface area contributed by atoms with Gasteiger partial charge in [0.05, 0.1) is 27.4 Å². The summed E-state index contributed by atoms with van der Waals surface area (Å²) in [6, 6.07) is 13.4. The maximum absolute atomic E-state index is 13.3. The van der Waals surface area contributed by atoms with Crippen LogP contribution in [-0.4, -0.2) is 75.4 Å². The van der Waals surface area contributed by atoms with Gasteiger partial charge in [-0.25, -0.2) is 0 Å². The van der Waals surface area contributed by atoms with Crippen LogP contribution >= 0.6 is 0 Å². The molecule has 2 fully saturated rings. The van der Waals surface area contributed by atoms with Crippen LogP contribution in [0.4, 0.5) is 0 Å². The summed E-state index contributed by atoms with van der Waals surface area (Å²) in [6.07, 6.45) is 2.23. The van der Waals surface area contributed by atoms with Crippen LogP contribution in [0, 0.1) is 0 Å². The van der Waals surface area contributed by atoms with Gasteiger partial charge >= 0.3 is 0 Å². The predicted octanol–water partition coefficient (Wildman–Crippen LogP) is 3.71. The number of para-hydroxylation sites is 1. The number of carbonyl (C=O) groups is 1. The Bertz CT molecular complexity index is 960. The van der Waals surface area contributed by atoms with E-state index < -0.39 is 6.10 Å². The molecule has 0 unspecified atom stereocenters. The second-order valence-electron chi connectivity index (χ2n) is 8.75. The van der Waals surface area contributed by atoms with Gasteiger partial charge in [-0.05, 0) is 55.6 Å². The van der Waals surface area contributed by atoms with E-state index in [0.29, 0.717) is 6.54 Å². The van der Waals surface area contributed by atoms with Crippen LogP contribution in [-0.2, 0) is 16.0 Å². The number of aryl methyl sites for hydroxylation is 1. The average molecular weight is 469 g/mol. The Hall–Kier alpha value is -2.77. The van der Waals surface area contributed by atoms with Crippen LogP contribution in [0.25, 0.3) is 0 Å². The van der Waals surface area contributed by atoms with E-state index in [-0.39, 0.29) is 11.9 Å². The molecule has 2 heterocycles. The molecule has 4 rings (SSSR count). The minimum absolute atomic E-state index is 0.0205. The number of hydrogen-bond donors (Lipinski definition) is 0. The van der Waals surface area contributed by atoms with Crippen molar-refractivity contribution in [1.29, 1.82) is 0 Å². The van der Waals surface area contributed by atoms with Gasteiger partial charge < -0.3 is 23.8 Å². The minimum atomic E-state index is -0.590. The van der Waals surface area contributed by atoms with Gasteiger partial charge in [0, 0.05) is 25.2 Å². The molecule has 0 aromatic heterocycles. The van der Waals surface area contributed by atoms with Crippen molar-refractivity contribution in [2.75, 3.05) is 53.6 Å². The zero-order valence-electron chi connectivity index (χ0n) is 20.5. The molecule has 2 saturated heterocycles. The zero-order chi connectivity index (χ0) is 23.9. The van der Waals surface area contributed by atoms with Gasteiger partial charge in [-0.1, -0.05) is 25.1 Å². The van der Waals surface area contributed by atoms with Gasteiger partial charge in [-0.15, -0.1) is 0 Å². The van der Waals surface area contributed by atoms with Crippen LogP contribution in [0.15, 0.2) is 42.5 Å². The molecule has 2 aromatic rings. The highest BCUT2D eigenvalue weighted by atomic mass is 16.5. The zero-order valence-corrected chi connectivity index (χ0v) is 20.5. The van der Waals surface area contributed by atoms with E-state index >= 15 is 0 Å². The molecular formula is C27H36N2O5. The van der Waals surface area contributed by atoms with Crippen molar-refractivity contribution in [3.63, 3.8) is 0 Å². The van der Waals surface area contributed by atoms with Crippen molar-refractivity contribution in [2.24, 2.45) is 0 Å². The first kappa shape index (κ1) is 24.4. The van der Waals surface area contributed by atoms with E-state index in [1.807, 2.05) is 47.4 Å². The number of ether oxygens (including phenoxy) is 4. The first-order chi connectivity index (χ1) is 16.7. The number of amides is 1. The van der Waals surface area contributed by atoms with Crippen molar-refractivity contribution in [1.82, 2.24) is 9.80 Å². The lowest BCUT2D eigenvalue weighted by Crippen LogP contribution is -2.61. The summed E-state index contributed by atoms with van der Waals surface area (Å²) >= 11 is 0. The van der Waals surface area contributed by atoms with Crippen molar-refractivity contribution >= 4 is 5.91 Å². The number of β-lactam (4-membered cyclic amide) rings is 1. The van der Waals surface area contributed by atoms with Gasteiger partial charge in [-0.3, -0.25) is 9.69 Å². The van der Waals surface area contributed by atoms with Gasteiger partial charge in [0.2, 0.25) is 6.10 Å². The Morgan fingerprint density at radius 1 is 0.971 bits per heavy atom. The van der Waals surface area contributed by atoms with E-state index in [2.05, 4.69) is 11.8 Å². The first-order valence-corrected chi connectivity index (χ1v) is 12.2. The van der Waals surface area contributed by atoms with Crippen molar-refractivity contribution in [3.05, 3.63) is 53.6 Å². The molecule has 0 aliphatic carbocycles. The van der Waals surface area contributed by atoms with Crippen LogP contribution in [0.5, 0.6) is 17.2 Å². The highest BCUT2D eigenvalue weighted by molar-refractivity contribution is 5.89. The van der Waals surface area contributed by atoms with E-state index in [9.17, 15) is 4.79 Å².